The van der Waals surface area contributed by atoms with Crippen LogP contribution in [0.15, 0.2) is 67.1 Å². The zero-order valence-electron chi connectivity index (χ0n) is 19.5. The fourth-order valence-electron chi connectivity index (χ4n) is 4.55. The highest BCUT2D eigenvalue weighted by atomic mass is 35.5. The fraction of sp³-hybridized carbons (Fsp3) is 0.185. The molecule has 0 atom stereocenters. The zero-order valence-corrected chi connectivity index (χ0v) is 20.3. The summed E-state index contributed by atoms with van der Waals surface area (Å²) < 4.78 is 2.01. The van der Waals surface area contributed by atoms with Crippen LogP contribution in [-0.2, 0) is 6.54 Å². The molecule has 0 saturated carbocycles. The molecule has 0 aliphatic carbocycles. The fourth-order valence-corrected chi connectivity index (χ4v) is 4.68. The second-order valence-corrected chi connectivity index (χ2v) is 9.36. The number of aryl methyl sites for hydroxylation is 1. The summed E-state index contributed by atoms with van der Waals surface area (Å²) in [4.78, 5) is 20.1. The Kier molecular flexibility index (Phi) is 5.43. The van der Waals surface area contributed by atoms with Gasteiger partial charge in [0, 0.05) is 46.5 Å². The van der Waals surface area contributed by atoms with Crippen molar-refractivity contribution in [3.05, 3.63) is 72.1 Å². The Labute approximate surface area is 207 Å². The summed E-state index contributed by atoms with van der Waals surface area (Å²) in [6, 6.07) is 15.8. The van der Waals surface area contributed by atoms with Gasteiger partial charge < -0.3 is 9.88 Å². The predicted octanol–water partition coefficient (Wildman–Crippen LogP) is 5.79. The van der Waals surface area contributed by atoms with Crippen LogP contribution in [0.25, 0.3) is 55.5 Å². The van der Waals surface area contributed by atoms with E-state index < -0.39 is 0 Å². The van der Waals surface area contributed by atoms with Crippen LogP contribution in [-0.4, -0.2) is 55.3 Å². The van der Waals surface area contributed by atoms with Gasteiger partial charge in [0.2, 0.25) is 0 Å². The molecule has 0 fully saturated rings. The number of aromatic nitrogens is 6. The van der Waals surface area contributed by atoms with Crippen molar-refractivity contribution in [3.8, 4) is 22.6 Å². The molecule has 6 aromatic rings. The molecule has 6 rings (SSSR count). The van der Waals surface area contributed by atoms with E-state index in [9.17, 15) is 0 Å². The molecule has 4 heterocycles. The third-order valence-corrected chi connectivity index (χ3v) is 6.45. The molecule has 0 aliphatic rings. The first kappa shape index (κ1) is 21.7. The van der Waals surface area contributed by atoms with Crippen molar-refractivity contribution in [2.75, 3.05) is 20.6 Å². The number of H-pyrrole nitrogens is 1. The van der Waals surface area contributed by atoms with Crippen molar-refractivity contribution in [3.63, 3.8) is 0 Å². The Bertz CT molecular complexity index is 1590. The molecule has 0 bridgehead atoms. The molecule has 0 amide bonds. The van der Waals surface area contributed by atoms with Gasteiger partial charge in [0.25, 0.3) is 0 Å². The molecule has 35 heavy (non-hydrogen) atoms. The minimum Gasteiger partial charge on any atom is -0.337 e. The summed E-state index contributed by atoms with van der Waals surface area (Å²) in [6.45, 7) is 1.81. The van der Waals surface area contributed by atoms with Crippen LogP contribution >= 0.6 is 11.6 Å². The number of aromatic amines is 1. The van der Waals surface area contributed by atoms with Gasteiger partial charge in [0.15, 0.2) is 0 Å². The first-order valence-electron chi connectivity index (χ1n) is 11.6. The Morgan fingerprint density at radius 1 is 0.914 bits per heavy atom. The molecule has 0 spiro atoms. The van der Waals surface area contributed by atoms with Gasteiger partial charge in [-0.25, -0.2) is 4.98 Å². The lowest BCUT2D eigenvalue weighted by atomic mass is 10.1. The zero-order chi connectivity index (χ0) is 23.9. The van der Waals surface area contributed by atoms with E-state index >= 15 is 0 Å². The summed E-state index contributed by atoms with van der Waals surface area (Å²) in [7, 11) is 4.17. The number of hydrogen-bond acceptors (Lipinski definition) is 5. The average Bonchev–Trinajstić information content (AvgIpc) is 3.50. The van der Waals surface area contributed by atoms with E-state index in [2.05, 4.69) is 46.2 Å². The Morgan fingerprint density at radius 3 is 2.37 bits per heavy atom. The van der Waals surface area contributed by atoms with E-state index in [0.29, 0.717) is 5.02 Å². The average molecular weight is 482 g/mol. The van der Waals surface area contributed by atoms with Crippen molar-refractivity contribution in [1.29, 1.82) is 0 Å². The van der Waals surface area contributed by atoms with Gasteiger partial charge in [-0.1, -0.05) is 23.7 Å². The quantitative estimate of drug-likeness (QED) is 0.304. The van der Waals surface area contributed by atoms with E-state index in [1.807, 2.05) is 47.1 Å². The molecule has 2 aromatic carbocycles. The largest absolute Gasteiger partial charge is 0.337 e. The van der Waals surface area contributed by atoms with Gasteiger partial charge in [0.1, 0.15) is 11.5 Å². The lowest BCUT2D eigenvalue weighted by Crippen LogP contribution is -2.15. The van der Waals surface area contributed by atoms with E-state index in [0.717, 1.165) is 75.0 Å². The smallest absolute Gasteiger partial charge is 0.142 e. The van der Waals surface area contributed by atoms with Gasteiger partial charge in [-0.05, 0) is 63.5 Å². The van der Waals surface area contributed by atoms with E-state index in [1.165, 1.54) is 0 Å². The maximum atomic E-state index is 6.16. The standard InChI is InChI=1S/C27H24ClN7/c1-34(2)14-5-15-35-16-21(22(33-35)17-8-10-18(28)11-9-17)27-31-25-19-6-3-12-29-23(19)24-20(26(25)32-27)7-4-13-30-24/h3-4,6-13,16H,5,14-15H2,1-2H3,(H,31,32). The van der Waals surface area contributed by atoms with Crippen molar-refractivity contribution >= 4 is 44.4 Å². The first-order valence-corrected chi connectivity index (χ1v) is 12.0. The van der Waals surface area contributed by atoms with Crippen LogP contribution < -0.4 is 0 Å². The molecular weight excluding hydrogens is 458 g/mol. The molecule has 0 radical (unpaired) electrons. The highest BCUT2D eigenvalue weighted by Crippen LogP contribution is 2.36. The maximum Gasteiger partial charge on any atom is 0.142 e. The van der Waals surface area contributed by atoms with Crippen molar-refractivity contribution in [2.45, 2.75) is 13.0 Å². The van der Waals surface area contributed by atoms with Crippen molar-refractivity contribution in [1.82, 2.24) is 34.6 Å². The molecule has 0 saturated heterocycles. The normalized spacial score (nSPS) is 11.9. The van der Waals surface area contributed by atoms with Crippen molar-refractivity contribution in [2.24, 2.45) is 0 Å². The van der Waals surface area contributed by atoms with Gasteiger partial charge in [-0.2, -0.15) is 5.10 Å². The van der Waals surface area contributed by atoms with Crippen molar-refractivity contribution < 1.29 is 0 Å². The second kappa shape index (κ2) is 8.76. The van der Waals surface area contributed by atoms with Gasteiger partial charge in [-0.3, -0.25) is 14.6 Å². The van der Waals surface area contributed by atoms with Gasteiger partial charge in [-0.15, -0.1) is 0 Å². The third kappa shape index (κ3) is 3.92. The summed E-state index contributed by atoms with van der Waals surface area (Å²) in [6.07, 6.45) is 6.68. The van der Waals surface area contributed by atoms with Crippen LogP contribution in [0.3, 0.4) is 0 Å². The topological polar surface area (TPSA) is 75.5 Å². The predicted molar refractivity (Wildman–Crippen MR) is 142 cm³/mol. The minimum atomic E-state index is 0.697. The molecule has 174 valence electrons. The first-order chi connectivity index (χ1) is 17.1. The summed E-state index contributed by atoms with van der Waals surface area (Å²) in [5.41, 5.74) is 6.36. The molecule has 4 aromatic heterocycles. The summed E-state index contributed by atoms with van der Waals surface area (Å²) in [5.74, 6) is 0.769. The van der Waals surface area contributed by atoms with E-state index in [1.54, 1.807) is 12.4 Å². The van der Waals surface area contributed by atoms with E-state index in [-0.39, 0.29) is 0 Å². The summed E-state index contributed by atoms with van der Waals surface area (Å²) >= 11 is 6.16. The number of benzene rings is 2. The van der Waals surface area contributed by atoms with Crippen LogP contribution in [0, 0.1) is 0 Å². The Morgan fingerprint density at radius 2 is 1.63 bits per heavy atom. The number of halogens is 1. The SMILES string of the molecule is CN(C)CCCn1cc(-c2nc3c4cccnc4c4ncccc4c3[nH]2)c(-c2ccc(Cl)cc2)n1. The number of hydrogen-bond donors (Lipinski definition) is 1. The minimum absolute atomic E-state index is 0.697. The Hall–Kier alpha value is -3.81. The highest BCUT2D eigenvalue weighted by Gasteiger charge is 2.20. The number of fused-ring (bicyclic) bond motifs is 6. The number of nitrogens with one attached hydrogen (secondary N) is 1. The van der Waals surface area contributed by atoms with Crippen LogP contribution in [0.2, 0.25) is 5.02 Å². The molecule has 0 aliphatic heterocycles. The Balaban J connectivity index is 1.56. The number of rotatable bonds is 6. The second-order valence-electron chi connectivity index (χ2n) is 8.93. The van der Waals surface area contributed by atoms with Crippen LogP contribution in [0.1, 0.15) is 6.42 Å². The monoisotopic (exact) mass is 481 g/mol. The van der Waals surface area contributed by atoms with E-state index in [4.69, 9.17) is 21.7 Å². The number of nitrogens with zero attached hydrogens (tertiary/aromatic N) is 6. The van der Waals surface area contributed by atoms with Gasteiger partial charge in [0.05, 0.1) is 27.6 Å². The highest BCUT2D eigenvalue weighted by molar-refractivity contribution is 6.30. The lowest BCUT2D eigenvalue weighted by Gasteiger charge is -2.08. The van der Waals surface area contributed by atoms with Crippen LogP contribution in [0.4, 0.5) is 0 Å². The molecular formula is C27H24ClN7. The molecule has 8 heteroatoms. The third-order valence-electron chi connectivity index (χ3n) is 6.20. The molecule has 7 nitrogen and oxygen atoms in total. The number of imidazole rings is 1. The number of pyridine rings is 2. The molecule has 0 unspecified atom stereocenters. The lowest BCUT2D eigenvalue weighted by molar-refractivity contribution is 0.381. The molecule has 1 N–H and O–H groups in total. The summed E-state index contributed by atoms with van der Waals surface area (Å²) in [5, 5.41) is 7.62. The van der Waals surface area contributed by atoms with Crippen LogP contribution in [0.5, 0.6) is 0 Å². The van der Waals surface area contributed by atoms with Gasteiger partial charge >= 0.3 is 0 Å². The maximum absolute atomic E-state index is 6.16.